The van der Waals surface area contributed by atoms with Crippen LogP contribution >= 0.6 is 11.6 Å². The lowest BCUT2D eigenvalue weighted by atomic mass is 9.93. The summed E-state index contributed by atoms with van der Waals surface area (Å²) in [5.74, 6) is 1.23. The van der Waals surface area contributed by atoms with E-state index in [0.717, 1.165) is 22.3 Å². The quantitative estimate of drug-likeness (QED) is 0.441. The van der Waals surface area contributed by atoms with Gasteiger partial charge in [-0.3, -0.25) is 14.7 Å². The van der Waals surface area contributed by atoms with Crippen LogP contribution in [0.2, 0.25) is 5.02 Å². The molecule has 2 unspecified atom stereocenters. The highest BCUT2D eigenvalue weighted by Crippen LogP contribution is 2.45. The first-order chi connectivity index (χ1) is 17.5. The summed E-state index contributed by atoms with van der Waals surface area (Å²) in [5.41, 5.74) is 3.74. The van der Waals surface area contributed by atoms with E-state index in [1.165, 1.54) is 0 Å². The molecule has 0 aliphatic carbocycles. The number of hydrogen-bond acceptors (Lipinski definition) is 4. The molecule has 1 fully saturated rings. The number of carbonyl (C=O) groups excluding carboxylic acids is 2. The Kier molecular flexibility index (Phi) is 6.79. The summed E-state index contributed by atoms with van der Waals surface area (Å²) in [6, 6.07) is 22.3. The molecule has 0 spiro atoms. The molecule has 7 heteroatoms. The maximum Gasteiger partial charge on any atom is 0.326 e. The second-order valence-corrected chi connectivity index (χ2v) is 9.66. The van der Waals surface area contributed by atoms with E-state index in [9.17, 15) is 9.59 Å². The van der Waals surface area contributed by atoms with Crippen molar-refractivity contribution in [1.82, 2.24) is 9.80 Å². The smallest absolute Gasteiger partial charge is 0.326 e. The van der Waals surface area contributed by atoms with E-state index in [2.05, 4.69) is 6.07 Å². The van der Waals surface area contributed by atoms with Crippen molar-refractivity contribution < 1.29 is 14.3 Å². The van der Waals surface area contributed by atoms with E-state index < -0.39 is 6.04 Å². The number of amidine groups is 1. The number of ketones is 1. The number of benzene rings is 3. The second kappa shape index (κ2) is 10.2. The molecule has 2 atom stereocenters. The molecule has 2 aliphatic rings. The minimum absolute atomic E-state index is 0.0749. The van der Waals surface area contributed by atoms with Crippen LogP contribution < -0.4 is 4.74 Å². The number of methoxy groups -OCH3 is 1. The van der Waals surface area contributed by atoms with Crippen LogP contribution in [-0.4, -0.2) is 47.6 Å². The molecule has 0 saturated carbocycles. The normalized spacial score (nSPS) is 19.9. The van der Waals surface area contributed by atoms with Gasteiger partial charge in [0.15, 0.2) is 5.78 Å². The number of ether oxygens (including phenoxy) is 1. The first kappa shape index (κ1) is 24.1. The van der Waals surface area contributed by atoms with Gasteiger partial charge in [-0.05, 0) is 48.7 Å². The molecule has 0 N–H and O–H groups in total. The third kappa shape index (κ3) is 4.61. The highest BCUT2D eigenvalue weighted by molar-refractivity contribution is 6.30. The maximum atomic E-state index is 14.2. The van der Waals surface area contributed by atoms with E-state index in [-0.39, 0.29) is 24.4 Å². The number of hydrogen-bond donors (Lipinski definition) is 0. The van der Waals surface area contributed by atoms with Gasteiger partial charge in [-0.2, -0.15) is 0 Å². The molecule has 3 aromatic rings. The summed E-state index contributed by atoms with van der Waals surface area (Å²) < 4.78 is 5.66. The predicted octanol–water partition coefficient (Wildman–Crippen LogP) is 5.99. The van der Waals surface area contributed by atoms with Crippen LogP contribution in [0.3, 0.4) is 0 Å². The first-order valence-electron chi connectivity index (χ1n) is 12.1. The number of aryl methyl sites for hydroxylation is 1. The van der Waals surface area contributed by atoms with Crippen LogP contribution in [0, 0.1) is 6.92 Å². The number of piperidine rings is 1. The summed E-state index contributed by atoms with van der Waals surface area (Å²) in [4.78, 5) is 35.0. The fourth-order valence-corrected chi connectivity index (χ4v) is 5.16. The van der Waals surface area contributed by atoms with Crippen LogP contribution in [0.15, 0.2) is 77.8 Å². The van der Waals surface area contributed by atoms with Crippen molar-refractivity contribution in [2.45, 2.75) is 31.8 Å². The molecule has 2 aliphatic heterocycles. The average molecular weight is 502 g/mol. The highest BCUT2D eigenvalue weighted by Gasteiger charge is 2.45. The molecule has 0 bridgehead atoms. The van der Waals surface area contributed by atoms with Crippen molar-refractivity contribution in [2.75, 3.05) is 20.2 Å². The van der Waals surface area contributed by atoms with Crippen molar-refractivity contribution in [3.8, 4) is 5.75 Å². The minimum atomic E-state index is -0.407. The number of aliphatic imine (C=N–C) groups is 1. The van der Waals surface area contributed by atoms with Crippen molar-refractivity contribution >= 4 is 29.3 Å². The molecule has 2 amide bonds. The number of carbonyl (C=O) groups is 2. The van der Waals surface area contributed by atoms with Gasteiger partial charge in [-0.25, -0.2) is 4.79 Å². The molecule has 5 rings (SSSR count). The minimum Gasteiger partial charge on any atom is -0.496 e. The average Bonchev–Trinajstić information content (AvgIpc) is 3.29. The zero-order valence-electron chi connectivity index (χ0n) is 20.4. The maximum absolute atomic E-state index is 14.2. The number of amides is 2. The van der Waals surface area contributed by atoms with Gasteiger partial charge in [-0.15, -0.1) is 0 Å². The number of urea groups is 1. The molecule has 184 valence electrons. The lowest BCUT2D eigenvalue weighted by Gasteiger charge is -2.35. The van der Waals surface area contributed by atoms with E-state index in [0.29, 0.717) is 36.0 Å². The van der Waals surface area contributed by atoms with Crippen LogP contribution in [-0.2, 0) is 4.79 Å². The third-order valence-corrected chi connectivity index (χ3v) is 6.99. The highest BCUT2D eigenvalue weighted by atomic mass is 35.5. The van der Waals surface area contributed by atoms with Crippen LogP contribution in [0.25, 0.3) is 0 Å². The zero-order chi connectivity index (χ0) is 25.2. The summed E-state index contributed by atoms with van der Waals surface area (Å²) >= 11 is 6.20. The van der Waals surface area contributed by atoms with Crippen LogP contribution in [0.5, 0.6) is 5.75 Å². The molecular weight excluding hydrogens is 474 g/mol. The molecule has 1 saturated heterocycles. The van der Waals surface area contributed by atoms with Crippen molar-refractivity contribution in [1.29, 1.82) is 0 Å². The van der Waals surface area contributed by atoms with Gasteiger partial charge in [0.2, 0.25) is 0 Å². The fourth-order valence-electron chi connectivity index (χ4n) is 5.03. The lowest BCUT2D eigenvalue weighted by molar-refractivity contribution is -0.121. The molecule has 2 heterocycles. The van der Waals surface area contributed by atoms with Crippen molar-refractivity contribution in [2.24, 2.45) is 4.99 Å². The second-order valence-electron chi connectivity index (χ2n) is 9.22. The van der Waals surface area contributed by atoms with Gasteiger partial charge < -0.3 is 9.64 Å². The zero-order valence-corrected chi connectivity index (χ0v) is 21.1. The molecule has 0 radical (unpaired) electrons. The third-order valence-electron chi connectivity index (χ3n) is 6.74. The van der Waals surface area contributed by atoms with E-state index >= 15 is 0 Å². The van der Waals surface area contributed by atoms with Gasteiger partial charge in [0.1, 0.15) is 17.6 Å². The van der Waals surface area contributed by atoms with Crippen molar-refractivity contribution in [3.05, 3.63) is 100 Å². The van der Waals surface area contributed by atoms with E-state index in [4.69, 9.17) is 21.3 Å². The predicted molar refractivity (Wildman–Crippen MR) is 141 cm³/mol. The number of halogens is 1. The van der Waals surface area contributed by atoms with Crippen LogP contribution in [0.1, 0.15) is 47.2 Å². The van der Waals surface area contributed by atoms with Gasteiger partial charge in [0, 0.05) is 18.0 Å². The SMILES string of the molecule is COc1ccccc1C1=NC(c2ccc(Cl)cc2)C(c2cccc(C)c2)N1C(=O)N1CCCC(=O)C1. The molecular formula is C29H28ClN3O3. The summed E-state index contributed by atoms with van der Waals surface area (Å²) in [7, 11) is 1.61. The first-order valence-corrected chi connectivity index (χ1v) is 12.5. The summed E-state index contributed by atoms with van der Waals surface area (Å²) in [6.45, 7) is 2.68. The summed E-state index contributed by atoms with van der Waals surface area (Å²) in [5, 5.41) is 0.637. The Hall–Kier alpha value is -3.64. The number of nitrogens with zero attached hydrogens (tertiary/aromatic N) is 3. The topological polar surface area (TPSA) is 62.2 Å². The van der Waals surface area contributed by atoms with Gasteiger partial charge in [0.05, 0.1) is 25.3 Å². The van der Waals surface area contributed by atoms with Crippen molar-refractivity contribution in [3.63, 3.8) is 0 Å². The monoisotopic (exact) mass is 501 g/mol. The van der Waals surface area contributed by atoms with Gasteiger partial charge in [0.25, 0.3) is 0 Å². The Morgan fingerprint density at radius 1 is 1.03 bits per heavy atom. The number of para-hydroxylation sites is 1. The fraction of sp³-hybridized carbons (Fsp3) is 0.276. The Labute approximate surface area is 216 Å². The van der Waals surface area contributed by atoms with Gasteiger partial charge in [-0.1, -0.05) is 65.7 Å². The molecule has 0 aromatic heterocycles. The standard InChI is InChI=1S/C29H28ClN3O3/c1-19-7-5-8-21(17-19)27-26(20-12-14-22(30)15-13-20)31-28(24-10-3-4-11-25(24)36-2)33(27)29(35)32-16-6-9-23(34)18-32/h3-5,7-8,10-15,17,26-27H,6,9,16,18H2,1-2H3. The Morgan fingerprint density at radius 3 is 2.53 bits per heavy atom. The Morgan fingerprint density at radius 2 is 1.81 bits per heavy atom. The molecule has 6 nitrogen and oxygen atoms in total. The molecule has 36 heavy (non-hydrogen) atoms. The van der Waals surface area contributed by atoms with E-state index in [1.807, 2.05) is 73.7 Å². The Bertz CT molecular complexity index is 1320. The largest absolute Gasteiger partial charge is 0.496 e. The number of rotatable bonds is 4. The lowest BCUT2D eigenvalue weighted by Crippen LogP contribution is -2.50. The molecule has 3 aromatic carbocycles. The van der Waals surface area contributed by atoms with Gasteiger partial charge >= 0.3 is 6.03 Å². The number of Topliss-reactive ketones (excluding diaryl/α,β-unsaturated/α-hetero) is 1. The van der Waals surface area contributed by atoms with E-state index in [1.54, 1.807) is 16.9 Å². The van der Waals surface area contributed by atoms with Crippen LogP contribution in [0.4, 0.5) is 4.79 Å². The number of likely N-dealkylation sites (tertiary alicyclic amines) is 1. The Balaban J connectivity index is 1.70. The summed E-state index contributed by atoms with van der Waals surface area (Å²) in [6.07, 6.45) is 1.17.